The molecule has 1 unspecified atom stereocenters. The van der Waals surface area contributed by atoms with Gasteiger partial charge < -0.3 is 14.4 Å². The van der Waals surface area contributed by atoms with E-state index in [1.54, 1.807) is 19.0 Å². The van der Waals surface area contributed by atoms with Crippen LogP contribution in [0.3, 0.4) is 0 Å². The van der Waals surface area contributed by atoms with Crippen molar-refractivity contribution in [2.45, 2.75) is 32.0 Å². The van der Waals surface area contributed by atoms with E-state index < -0.39 is 0 Å². The zero-order valence-corrected chi connectivity index (χ0v) is 14.0. The molecule has 3 rings (SSSR count). The molecule has 1 atom stereocenters. The second kappa shape index (κ2) is 7.38. The van der Waals surface area contributed by atoms with Crippen molar-refractivity contribution in [1.82, 2.24) is 14.8 Å². The maximum Gasteiger partial charge on any atom is 0.248 e. The second-order valence-corrected chi connectivity index (χ2v) is 6.46. The van der Waals surface area contributed by atoms with Gasteiger partial charge in [0.05, 0.1) is 13.2 Å². The van der Waals surface area contributed by atoms with Crippen LogP contribution in [0.2, 0.25) is 0 Å². The van der Waals surface area contributed by atoms with Gasteiger partial charge in [0.1, 0.15) is 6.61 Å². The number of ether oxygens (including phenoxy) is 2. The third-order valence-electron chi connectivity index (χ3n) is 4.66. The number of amides is 1. The van der Waals surface area contributed by atoms with Crippen LogP contribution < -0.4 is 0 Å². The summed E-state index contributed by atoms with van der Waals surface area (Å²) in [5.41, 5.74) is 3.73. The summed E-state index contributed by atoms with van der Waals surface area (Å²) in [5.74, 6) is -0.0184. The summed E-state index contributed by atoms with van der Waals surface area (Å²) in [6.45, 7) is 4.26. The summed E-state index contributed by atoms with van der Waals surface area (Å²) >= 11 is 0. The zero-order valence-electron chi connectivity index (χ0n) is 14.0. The fourth-order valence-electron chi connectivity index (χ4n) is 3.21. The number of pyridine rings is 1. The topological polar surface area (TPSA) is 54.9 Å². The summed E-state index contributed by atoms with van der Waals surface area (Å²) in [6.07, 6.45) is 5.96. The van der Waals surface area contributed by atoms with Crippen molar-refractivity contribution in [3.63, 3.8) is 0 Å². The van der Waals surface area contributed by atoms with E-state index in [4.69, 9.17) is 9.47 Å². The van der Waals surface area contributed by atoms with E-state index in [-0.39, 0.29) is 12.5 Å². The molecule has 0 spiro atoms. The van der Waals surface area contributed by atoms with E-state index >= 15 is 0 Å². The highest BCUT2D eigenvalue weighted by Crippen LogP contribution is 2.25. The van der Waals surface area contributed by atoms with E-state index in [0.29, 0.717) is 12.6 Å². The highest BCUT2D eigenvalue weighted by molar-refractivity contribution is 5.76. The van der Waals surface area contributed by atoms with Gasteiger partial charge in [-0.1, -0.05) is 0 Å². The van der Waals surface area contributed by atoms with Gasteiger partial charge in [-0.15, -0.1) is 0 Å². The minimum Gasteiger partial charge on any atom is -0.380 e. The lowest BCUT2D eigenvalue weighted by Crippen LogP contribution is -2.40. The van der Waals surface area contributed by atoms with Crippen molar-refractivity contribution < 1.29 is 14.3 Å². The van der Waals surface area contributed by atoms with Crippen molar-refractivity contribution in [3.8, 4) is 0 Å². The Bertz CT molecular complexity index is 556. The zero-order chi connectivity index (χ0) is 16.2. The van der Waals surface area contributed by atoms with Crippen LogP contribution in [0, 0.1) is 0 Å². The van der Waals surface area contributed by atoms with Gasteiger partial charge in [0.2, 0.25) is 5.91 Å². The first kappa shape index (κ1) is 16.4. The van der Waals surface area contributed by atoms with Crippen LogP contribution in [0.4, 0.5) is 0 Å². The van der Waals surface area contributed by atoms with E-state index in [1.807, 2.05) is 12.4 Å². The standard InChI is InChI=1S/C17H25N3O3/c1-19(2)17(21)12-23-10-14-8-18-7-13-9-20(5-3-16(13)14)15-4-6-22-11-15/h7-8,15H,3-6,9-12H2,1-2H3. The lowest BCUT2D eigenvalue weighted by Gasteiger charge is -2.33. The Morgan fingerprint density at radius 3 is 3.09 bits per heavy atom. The van der Waals surface area contributed by atoms with E-state index in [0.717, 1.165) is 44.7 Å². The van der Waals surface area contributed by atoms with Crippen molar-refractivity contribution in [3.05, 3.63) is 29.1 Å². The van der Waals surface area contributed by atoms with Gasteiger partial charge in [0, 0.05) is 52.2 Å². The first-order chi connectivity index (χ1) is 11.1. The Hall–Kier alpha value is -1.50. The van der Waals surface area contributed by atoms with Crippen molar-refractivity contribution >= 4 is 5.91 Å². The molecule has 0 aliphatic carbocycles. The average molecular weight is 319 g/mol. The maximum absolute atomic E-state index is 11.6. The fraction of sp³-hybridized carbons (Fsp3) is 0.647. The molecule has 2 aliphatic heterocycles. The van der Waals surface area contributed by atoms with Crippen molar-refractivity contribution in [2.75, 3.05) is 40.5 Å². The Balaban J connectivity index is 1.61. The highest BCUT2D eigenvalue weighted by atomic mass is 16.5. The van der Waals surface area contributed by atoms with Gasteiger partial charge in [0.25, 0.3) is 0 Å². The molecule has 2 aliphatic rings. The first-order valence-corrected chi connectivity index (χ1v) is 8.19. The Kier molecular flexibility index (Phi) is 5.25. The van der Waals surface area contributed by atoms with Gasteiger partial charge in [-0.3, -0.25) is 14.7 Å². The number of hydrogen-bond donors (Lipinski definition) is 0. The smallest absolute Gasteiger partial charge is 0.248 e. The van der Waals surface area contributed by atoms with Crippen molar-refractivity contribution in [1.29, 1.82) is 0 Å². The Labute approximate surface area is 137 Å². The van der Waals surface area contributed by atoms with Crippen LogP contribution in [0.15, 0.2) is 12.4 Å². The SMILES string of the molecule is CN(C)C(=O)COCc1cncc2c1CCN(C1CCOC1)C2. The largest absolute Gasteiger partial charge is 0.380 e. The van der Waals surface area contributed by atoms with Gasteiger partial charge >= 0.3 is 0 Å². The molecule has 1 amide bonds. The van der Waals surface area contributed by atoms with Crippen LogP contribution in [-0.4, -0.2) is 67.2 Å². The molecule has 3 heterocycles. The Morgan fingerprint density at radius 2 is 2.35 bits per heavy atom. The number of likely N-dealkylation sites (N-methyl/N-ethyl adjacent to an activating group) is 1. The number of carbonyl (C=O) groups is 1. The molecule has 1 aromatic rings. The quantitative estimate of drug-likeness (QED) is 0.805. The predicted octanol–water partition coefficient (Wildman–Crippen LogP) is 0.833. The van der Waals surface area contributed by atoms with Crippen LogP contribution in [-0.2, 0) is 33.8 Å². The normalized spacial score (nSPS) is 21.2. The minimum absolute atomic E-state index is 0.0184. The van der Waals surface area contributed by atoms with Crippen LogP contribution in [0.1, 0.15) is 23.1 Å². The monoisotopic (exact) mass is 319 g/mol. The molecule has 1 aromatic heterocycles. The summed E-state index contributed by atoms with van der Waals surface area (Å²) in [4.78, 5) is 20.0. The molecule has 6 heteroatoms. The third-order valence-corrected chi connectivity index (χ3v) is 4.66. The van der Waals surface area contributed by atoms with E-state index in [9.17, 15) is 4.79 Å². The number of nitrogens with zero attached hydrogens (tertiary/aromatic N) is 3. The molecular formula is C17H25N3O3. The summed E-state index contributed by atoms with van der Waals surface area (Å²) in [7, 11) is 3.47. The van der Waals surface area contributed by atoms with Gasteiger partial charge in [-0.25, -0.2) is 0 Å². The Morgan fingerprint density at radius 1 is 1.48 bits per heavy atom. The molecule has 0 bridgehead atoms. The number of aromatic nitrogens is 1. The summed E-state index contributed by atoms with van der Waals surface area (Å²) in [5, 5.41) is 0. The lowest BCUT2D eigenvalue weighted by molar-refractivity contribution is -0.133. The molecule has 126 valence electrons. The van der Waals surface area contributed by atoms with E-state index in [1.165, 1.54) is 11.1 Å². The predicted molar refractivity (Wildman–Crippen MR) is 85.9 cm³/mol. The molecule has 1 fully saturated rings. The van der Waals surface area contributed by atoms with Crippen LogP contribution in [0.5, 0.6) is 0 Å². The maximum atomic E-state index is 11.6. The minimum atomic E-state index is -0.0184. The van der Waals surface area contributed by atoms with Gasteiger partial charge in [0.15, 0.2) is 0 Å². The summed E-state index contributed by atoms with van der Waals surface area (Å²) < 4.78 is 11.1. The molecule has 1 saturated heterocycles. The molecule has 6 nitrogen and oxygen atoms in total. The highest BCUT2D eigenvalue weighted by Gasteiger charge is 2.27. The van der Waals surface area contributed by atoms with Gasteiger partial charge in [-0.05, 0) is 29.5 Å². The van der Waals surface area contributed by atoms with E-state index in [2.05, 4.69) is 9.88 Å². The molecular weight excluding hydrogens is 294 g/mol. The first-order valence-electron chi connectivity index (χ1n) is 8.19. The number of hydrogen-bond acceptors (Lipinski definition) is 5. The van der Waals surface area contributed by atoms with Crippen LogP contribution >= 0.6 is 0 Å². The number of fused-ring (bicyclic) bond motifs is 1. The number of carbonyl (C=O) groups excluding carboxylic acids is 1. The fourth-order valence-corrected chi connectivity index (χ4v) is 3.21. The van der Waals surface area contributed by atoms with Gasteiger partial charge in [-0.2, -0.15) is 0 Å². The molecule has 0 saturated carbocycles. The number of rotatable bonds is 5. The third kappa shape index (κ3) is 3.88. The second-order valence-electron chi connectivity index (χ2n) is 6.46. The average Bonchev–Trinajstić information content (AvgIpc) is 3.08. The molecule has 0 radical (unpaired) electrons. The van der Waals surface area contributed by atoms with Crippen molar-refractivity contribution in [2.24, 2.45) is 0 Å². The molecule has 0 aromatic carbocycles. The lowest BCUT2D eigenvalue weighted by atomic mass is 9.96. The van der Waals surface area contributed by atoms with Crippen LogP contribution in [0.25, 0.3) is 0 Å². The molecule has 23 heavy (non-hydrogen) atoms. The summed E-state index contributed by atoms with van der Waals surface area (Å²) in [6, 6.07) is 0.542. The molecule has 0 N–H and O–H groups in total.